The van der Waals surface area contributed by atoms with Crippen LogP contribution in [-0.2, 0) is 4.79 Å². The van der Waals surface area contributed by atoms with Crippen LogP contribution in [0.25, 0.3) is 0 Å². The minimum absolute atomic E-state index is 0.217. The highest BCUT2D eigenvalue weighted by atomic mass is 19.3. The third-order valence-corrected chi connectivity index (χ3v) is 2.03. The molecule has 0 atom stereocenters. The number of amides is 1. The van der Waals surface area contributed by atoms with Crippen molar-refractivity contribution in [2.75, 3.05) is 39.3 Å². The van der Waals surface area contributed by atoms with Gasteiger partial charge >= 0.3 is 0 Å². The van der Waals surface area contributed by atoms with E-state index in [0.717, 1.165) is 26.2 Å². The van der Waals surface area contributed by atoms with Crippen LogP contribution >= 0.6 is 0 Å². The summed E-state index contributed by atoms with van der Waals surface area (Å²) in [5.41, 5.74) is 0. The van der Waals surface area contributed by atoms with Gasteiger partial charge in [0, 0.05) is 26.2 Å². The van der Waals surface area contributed by atoms with Crippen molar-refractivity contribution in [2.45, 2.75) is 6.43 Å². The molecule has 1 aliphatic heterocycles. The van der Waals surface area contributed by atoms with Crippen molar-refractivity contribution in [1.82, 2.24) is 15.5 Å². The van der Waals surface area contributed by atoms with E-state index in [-0.39, 0.29) is 12.5 Å². The number of piperazine rings is 1. The molecule has 0 aromatic carbocycles. The number of alkyl halides is 2. The van der Waals surface area contributed by atoms with Gasteiger partial charge in [-0.15, -0.1) is 0 Å². The summed E-state index contributed by atoms with van der Waals surface area (Å²) in [4.78, 5) is 13.1. The lowest BCUT2D eigenvalue weighted by molar-refractivity contribution is -0.123. The van der Waals surface area contributed by atoms with Crippen LogP contribution in [0.15, 0.2) is 0 Å². The van der Waals surface area contributed by atoms with E-state index in [1.54, 1.807) is 0 Å². The number of halogens is 2. The lowest BCUT2D eigenvalue weighted by Gasteiger charge is -2.26. The van der Waals surface area contributed by atoms with E-state index in [1.165, 1.54) is 0 Å². The lowest BCUT2D eigenvalue weighted by atomic mass is 10.3. The largest absolute Gasteiger partial charge is 0.349 e. The van der Waals surface area contributed by atoms with Crippen molar-refractivity contribution in [1.29, 1.82) is 0 Å². The number of rotatable bonds is 4. The number of nitrogens with one attached hydrogen (secondary N) is 2. The molecular weight excluding hydrogens is 192 g/mol. The molecule has 1 rings (SSSR count). The first-order valence-corrected chi connectivity index (χ1v) is 4.66. The Hall–Kier alpha value is -0.750. The Morgan fingerprint density at radius 3 is 2.64 bits per heavy atom. The summed E-state index contributed by atoms with van der Waals surface area (Å²) >= 11 is 0. The Labute approximate surface area is 81.6 Å². The molecule has 2 N–H and O–H groups in total. The molecule has 1 saturated heterocycles. The number of hydrogen-bond acceptors (Lipinski definition) is 3. The molecule has 1 heterocycles. The average Bonchev–Trinajstić information content (AvgIpc) is 2.16. The summed E-state index contributed by atoms with van der Waals surface area (Å²) in [6, 6.07) is 0. The van der Waals surface area contributed by atoms with Gasteiger partial charge in [-0.1, -0.05) is 0 Å². The van der Waals surface area contributed by atoms with Gasteiger partial charge in [-0.25, -0.2) is 8.78 Å². The van der Waals surface area contributed by atoms with Crippen LogP contribution in [0, 0.1) is 0 Å². The fourth-order valence-electron chi connectivity index (χ4n) is 1.32. The van der Waals surface area contributed by atoms with Crippen LogP contribution in [0.4, 0.5) is 8.78 Å². The van der Waals surface area contributed by atoms with E-state index in [9.17, 15) is 13.6 Å². The van der Waals surface area contributed by atoms with Crippen molar-refractivity contribution < 1.29 is 13.6 Å². The molecule has 0 bridgehead atoms. The zero-order valence-corrected chi connectivity index (χ0v) is 7.93. The molecule has 0 saturated carbocycles. The van der Waals surface area contributed by atoms with Gasteiger partial charge < -0.3 is 10.6 Å². The Morgan fingerprint density at radius 1 is 1.43 bits per heavy atom. The summed E-state index contributed by atoms with van der Waals surface area (Å²) in [5, 5.41) is 5.32. The van der Waals surface area contributed by atoms with Crippen LogP contribution in [0.2, 0.25) is 0 Å². The van der Waals surface area contributed by atoms with E-state index in [0.29, 0.717) is 0 Å². The molecule has 4 nitrogen and oxygen atoms in total. The van der Waals surface area contributed by atoms with Crippen molar-refractivity contribution in [2.24, 2.45) is 0 Å². The third kappa shape index (κ3) is 4.48. The summed E-state index contributed by atoms with van der Waals surface area (Å²) in [7, 11) is 0. The molecule has 0 spiro atoms. The zero-order valence-electron chi connectivity index (χ0n) is 7.93. The molecule has 0 aromatic rings. The molecule has 0 aromatic heterocycles. The van der Waals surface area contributed by atoms with E-state index in [2.05, 4.69) is 10.6 Å². The number of carbonyl (C=O) groups excluding carboxylic acids is 1. The smallest absolute Gasteiger partial charge is 0.255 e. The van der Waals surface area contributed by atoms with E-state index in [4.69, 9.17) is 0 Å². The number of nitrogens with zero attached hydrogens (tertiary/aromatic N) is 1. The molecule has 0 unspecified atom stereocenters. The van der Waals surface area contributed by atoms with Crippen molar-refractivity contribution >= 4 is 5.91 Å². The highest BCUT2D eigenvalue weighted by Gasteiger charge is 2.13. The molecule has 82 valence electrons. The summed E-state index contributed by atoms with van der Waals surface area (Å²) in [6.45, 7) is 2.95. The van der Waals surface area contributed by atoms with Crippen LogP contribution in [0.5, 0.6) is 0 Å². The van der Waals surface area contributed by atoms with Gasteiger partial charge in [-0.3, -0.25) is 9.69 Å². The second-order valence-corrected chi connectivity index (χ2v) is 3.22. The monoisotopic (exact) mass is 207 g/mol. The predicted octanol–water partition coefficient (Wildman–Crippen LogP) is -0.727. The van der Waals surface area contributed by atoms with Crippen LogP contribution in [-0.4, -0.2) is 56.5 Å². The van der Waals surface area contributed by atoms with Crippen LogP contribution in [0.1, 0.15) is 0 Å². The van der Waals surface area contributed by atoms with Gasteiger partial charge in [-0.05, 0) is 0 Å². The van der Waals surface area contributed by atoms with Gasteiger partial charge in [0.15, 0.2) is 0 Å². The van der Waals surface area contributed by atoms with E-state index < -0.39 is 13.0 Å². The topological polar surface area (TPSA) is 44.4 Å². The zero-order chi connectivity index (χ0) is 10.4. The van der Waals surface area contributed by atoms with E-state index in [1.807, 2.05) is 4.90 Å². The standard InChI is InChI=1S/C8H15F2N3O/c9-7(10)5-12-8(14)6-13-3-1-11-2-4-13/h7,11H,1-6H2,(H,12,14). The molecule has 1 amide bonds. The normalized spacial score (nSPS) is 18.5. The molecule has 1 fully saturated rings. The summed E-state index contributed by atoms with van der Waals surface area (Å²) < 4.78 is 23.5. The second kappa shape index (κ2) is 5.87. The number of carbonyl (C=O) groups is 1. The van der Waals surface area contributed by atoms with Crippen molar-refractivity contribution in [3.05, 3.63) is 0 Å². The Bertz CT molecular complexity index is 183. The second-order valence-electron chi connectivity index (χ2n) is 3.22. The maximum atomic E-state index is 11.7. The molecule has 0 radical (unpaired) electrons. The maximum absolute atomic E-state index is 11.7. The van der Waals surface area contributed by atoms with Gasteiger partial charge in [0.25, 0.3) is 6.43 Å². The van der Waals surface area contributed by atoms with Crippen LogP contribution in [0.3, 0.4) is 0 Å². The Kier molecular flexibility index (Phi) is 4.75. The first-order valence-electron chi connectivity index (χ1n) is 4.66. The predicted molar refractivity (Wildman–Crippen MR) is 48.3 cm³/mol. The average molecular weight is 207 g/mol. The number of hydrogen-bond donors (Lipinski definition) is 2. The van der Waals surface area contributed by atoms with Gasteiger partial charge in [0.05, 0.1) is 13.1 Å². The summed E-state index contributed by atoms with van der Waals surface area (Å²) in [5.74, 6) is -0.327. The highest BCUT2D eigenvalue weighted by molar-refractivity contribution is 5.78. The first kappa shape index (κ1) is 11.3. The fraction of sp³-hybridized carbons (Fsp3) is 0.875. The molecule has 1 aliphatic rings. The first-order chi connectivity index (χ1) is 6.68. The Morgan fingerprint density at radius 2 is 2.07 bits per heavy atom. The minimum atomic E-state index is -2.47. The minimum Gasteiger partial charge on any atom is -0.349 e. The highest BCUT2D eigenvalue weighted by Crippen LogP contribution is 1.92. The van der Waals surface area contributed by atoms with Crippen molar-refractivity contribution in [3.63, 3.8) is 0 Å². The van der Waals surface area contributed by atoms with Crippen molar-refractivity contribution in [3.8, 4) is 0 Å². The van der Waals surface area contributed by atoms with E-state index >= 15 is 0 Å². The van der Waals surface area contributed by atoms with Gasteiger partial charge in [-0.2, -0.15) is 0 Å². The Balaban J connectivity index is 2.12. The SMILES string of the molecule is O=C(CN1CCNCC1)NCC(F)F. The van der Waals surface area contributed by atoms with Gasteiger partial charge in [0.1, 0.15) is 0 Å². The quantitative estimate of drug-likeness (QED) is 0.639. The lowest BCUT2D eigenvalue weighted by Crippen LogP contribution is -2.48. The molecular formula is C8H15F2N3O. The third-order valence-electron chi connectivity index (χ3n) is 2.03. The molecule has 0 aliphatic carbocycles. The maximum Gasteiger partial charge on any atom is 0.255 e. The van der Waals surface area contributed by atoms with Gasteiger partial charge in [0.2, 0.25) is 5.91 Å². The summed E-state index contributed by atoms with van der Waals surface area (Å²) in [6.07, 6.45) is -2.47. The molecule has 14 heavy (non-hydrogen) atoms. The fourth-order valence-corrected chi connectivity index (χ4v) is 1.32. The molecule has 6 heteroatoms. The van der Waals surface area contributed by atoms with Crippen LogP contribution < -0.4 is 10.6 Å².